The molecule has 0 radical (unpaired) electrons. The highest BCUT2D eigenvalue weighted by Crippen LogP contribution is 2.30. The van der Waals surface area contributed by atoms with Crippen LogP contribution in [0.15, 0.2) is 88.9 Å². The Balaban J connectivity index is 1.58. The van der Waals surface area contributed by atoms with E-state index in [2.05, 4.69) is 34.2 Å². The summed E-state index contributed by atoms with van der Waals surface area (Å²) in [6, 6.07) is 23.0. The standard InChI is InChI=1S/C29H29ClN4O3S/c1-20-11-8-9-15-27(20)34-21(2)17-24(23(34)4)18-31-32-29(35)19-33(28-16-10-14-26(30)22(28)3)38(36,37)25-12-6-5-7-13-25/h5-18H,19H2,1-4H3,(H,32,35)/b31-18-. The number of hydrogen-bond donors (Lipinski definition) is 1. The van der Waals surface area contributed by atoms with Gasteiger partial charge in [0.15, 0.2) is 0 Å². The first kappa shape index (κ1) is 27.2. The fraction of sp³-hybridized carbons (Fsp3) is 0.172. The van der Waals surface area contributed by atoms with Gasteiger partial charge in [-0.05, 0) is 75.2 Å². The molecular weight excluding hydrogens is 520 g/mol. The summed E-state index contributed by atoms with van der Waals surface area (Å²) in [7, 11) is -4.05. The summed E-state index contributed by atoms with van der Waals surface area (Å²) in [5.41, 5.74) is 8.40. The molecule has 0 aliphatic carbocycles. The van der Waals surface area contributed by atoms with E-state index >= 15 is 0 Å². The summed E-state index contributed by atoms with van der Waals surface area (Å²) in [6.45, 7) is 7.29. The third kappa shape index (κ3) is 5.51. The van der Waals surface area contributed by atoms with Gasteiger partial charge in [0.1, 0.15) is 6.54 Å². The number of hydrazone groups is 1. The van der Waals surface area contributed by atoms with Crippen molar-refractivity contribution in [2.75, 3.05) is 10.8 Å². The summed E-state index contributed by atoms with van der Waals surface area (Å²) in [6.07, 6.45) is 1.57. The molecule has 0 unspecified atom stereocenters. The van der Waals surface area contributed by atoms with Gasteiger partial charge in [-0.1, -0.05) is 54.1 Å². The molecule has 0 fully saturated rings. The van der Waals surface area contributed by atoms with Gasteiger partial charge < -0.3 is 4.57 Å². The summed E-state index contributed by atoms with van der Waals surface area (Å²) < 4.78 is 30.3. The number of hydrogen-bond acceptors (Lipinski definition) is 4. The maximum atomic E-state index is 13.5. The summed E-state index contributed by atoms with van der Waals surface area (Å²) >= 11 is 6.28. The Kier molecular flexibility index (Phi) is 8.04. The lowest BCUT2D eigenvalue weighted by molar-refractivity contribution is -0.119. The monoisotopic (exact) mass is 548 g/mol. The van der Waals surface area contributed by atoms with Crippen LogP contribution < -0.4 is 9.73 Å². The highest BCUT2D eigenvalue weighted by molar-refractivity contribution is 7.92. The molecule has 0 bridgehead atoms. The van der Waals surface area contributed by atoms with Crippen molar-refractivity contribution in [1.82, 2.24) is 9.99 Å². The van der Waals surface area contributed by atoms with Crippen LogP contribution in [0.2, 0.25) is 5.02 Å². The summed E-state index contributed by atoms with van der Waals surface area (Å²) in [4.78, 5) is 13.0. The number of sulfonamides is 1. The van der Waals surface area contributed by atoms with Crippen LogP contribution in [0.1, 0.15) is 28.1 Å². The average Bonchev–Trinajstić information content (AvgIpc) is 3.17. The van der Waals surface area contributed by atoms with E-state index in [4.69, 9.17) is 11.6 Å². The van der Waals surface area contributed by atoms with Crippen LogP contribution in [-0.2, 0) is 14.8 Å². The number of carbonyl (C=O) groups is 1. The van der Waals surface area contributed by atoms with E-state index in [1.165, 1.54) is 12.1 Å². The molecule has 0 saturated carbocycles. The summed E-state index contributed by atoms with van der Waals surface area (Å²) in [5.74, 6) is -0.590. The van der Waals surface area contributed by atoms with Gasteiger partial charge in [-0.3, -0.25) is 9.10 Å². The predicted octanol–water partition coefficient (Wildman–Crippen LogP) is 5.71. The maximum absolute atomic E-state index is 13.5. The quantitative estimate of drug-likeness (QED) is 0.226. The molecule has 0 atom stereocenters. The van der Waals surface area contributed by atoms with Gasteiger partial charge in [-0.15, -0.1) is 0 Å². The Bertz CT molecular complexity index is 1610. The molecule has 9 heteroatoms. The highest BCUT2D eigenvalue weighted by Gasteiger charge is 2.28. The molecule has 4 rings (SSSR count). The first-order valence-corrected chi connectivity index (χ1v) is 13.8. The minimum atomic E-state index is -4.05. The molecule has 0 spiro atoms. The number of nitrogens with zero attached hydrogens (tertiary/aromatic N) is 3. The smallest absolute Gasteiger partial charge is 0.264 e. The largest absolute Gasteiger partial charge is 0.318 e. The molecule has 0 saturated heterocycles. The first-order valence-electron chi connectivity index (χ1n) is 12.0. The summed E-state index contributed by atoms with van der Waals surface area (Å²) in [5, 5.41) is 4.53. The van der Waals surface area contributed by atoms with E-state index in [0.717, 1.165) is 32.5 Å². The second-order valence-electron chi connectivity index (χ2n) is 8.95. The minimum absolute atomic E-state index is 0.0688. The Morgan fingerprint density at radius 3 is 2.37 bits per heavy atom. The number of halogens is 1. The van der Waals surface area contributed by atoms with Crippen molar-refractivity contribution >= 4 is 39.4 Å². The van der Waals surface area contributed by atoms with Crippen molar-refractivity contribution < 1.29 is 13.2 Å². The van der Waals surface area contributed by atoms with Gasteiger partial charge >= 0.3 is 0 Å². The van der Waals surface area contributed by atoms with Gasteiger partial charge in [0.05, 0.1) is 16.8 Å². The van der Waals surface area contributed by atoms with Crippen LogP contribution in [0.3, 0.4) is 0 Å². The number of anilines is 1. The zero-order valence-electron chi connectivity index (χ0n) is 21.6. The zero-order chi connectivity index (χ0) is 27.4. The van der Waals surface area contributed by atoms with Crippen LogP contribution in [0.4, 0.5) is 5.69 Å². The number of benzene rings is 3. The third-order valence-electron chi connectivity index (χ3n) is 6.35. The predicted molar refractivity (Wildman–Crippen MR) is 153 cm³/mol. The molecule has 1 N–H and O–H groups in total. The molecule has 3 aromatic carbocycles. The molecule has 1 amide bonds. The SMILES string of the molecule is Cc1ccccc1-n1c(C)cc(/C=N\NC(=O)CN(c2cccc(Cl)c2C)S(=O)(=O)c2ccccc2)c1C. The van der Waals surface area contributed by atoms with Gasteiger partial charge in [0, 0.05) is 27.7 Å². The number of carbonyl (C=O) groups excluding carboxylic acids is 1. The van der Waals surface area contributed by atoms with E-state index in [9.17, 15) is 13.2 Å². The van der Waals surface area contributed by atoms with Crippen molar-refractivity contribution in [3.05, 3.63) is 112 Å². The van der Waals surface area contributed by atoms with Crippen molar-refractivity contribution in [2.24, 2.45) is 5.10 Å². The number of amides is 1. The number of aromatic nitrogens is 1. The lowest BCUT2D eigenvalue weighted by Crippen LogP contribution is -2.40. The average molecular weight is 549 g/mol. The maximum Gasteiger partial charge on any atom is 0.264 e. The number of aryl methyl sites for hydroxylation is 2. The van der Waals surface area contributed by atoms with E-state index in [1.54, 1.807) is 49.5 Å². The molecule has 38 heavy (non-hydrogen) atoms. The van der Waals surface area contributed by atoms with Gasteiger partial charge in [0.25, 0.3) is 15.9 Å². The lowest BCUT2D eigenvalue weighted by Gasteiger charge is -2.25. The van der Waals surface area contributed by atoms with E-state index in [-0.39, 0.29) is 4.90 Å². The van der Waals surface area contributed by atoms with Crippen molar-refractivity contribution in [1.29, 1.82) is 0 Å². The number of para-hydroxylation sites is 1. The third-order valence-corrected chi connectivity index (χ3v) is 8.53. The molecule has 7 nitrogen and oxygen atoms in total. The van der Waals surface area contributed by atoms with Gasteiger partial charge in [-0.25, -0.2) is 13.8 Å². The molecule has 1 heterocycles. The topological polar surface area (TPSA) is 83.8 Å². The molecule has 4 aromatic rings. The van der Waals surface area contributed by atoms with E-state index in [1.807, 2.05) is 32.0 Å². The van der Waals surface area contributed by atoms with Crippen LogP contribution in [-0.4, -0.2) is 31.7 Å². The molecule has 0 aliphatic rings. The Morgan fingerprint density at radius 2 is 1.66 bits per heavy atom. The van der Waals surface area contributed by atoms with Crippen LogP contribution in [0.25, 0.3) is 5.69 Å². The van der Waals surface area contributed by atoms with Crippen molar-refractivity contribution in [3.63, 3.8) is 0 Å². The Morgan fingerprint density at radius 1 is 0.974 bits per heavy atom. The molecule has 0 aliphatic heterocycles. The Labute approximate surface area is 228 Å². The Hall–Kier alpha value is -3.88. The second-order valence-corrected chi connectivity index (χ2v) is 11.2. The molecule has 196 valence electrons. The minimum Gasteiger partial charge on any atom is -0.318 e. The van der Waals surface area contributed by atoms with Crippen LogP contribution in [0.5, 0.6) is 0 Å². The zero-order valence-corrected chi connectivity index (χ0v) is 23.2. The van der Waals surface area contributed by atoms with Crippen molar-refractivity contribution in [3.8, 4) is 5.69 Å². The normalized spacial score (nSPS) is 11.6. The molecular formula is C29H29ClN4O3S. The first-order chi connectivity index (χ1) is 18.1. The van der Waals surface area contributed by atoms with E-state index < -0.39 is 22.5 Å². The number of nitrogens with one attached hydrogen (secondary N) is 1. The lowest BCUT2D eigenvalue weighted by atomic mass is 10.2. The van der Waals surface area contributed by atoms with Gasteiger partial charge in [0.2, 0.25) is 0 Å². The van der Waals surface area contributed by atoms with Crippen LogP contribution >= 0.6 is 11.6 Å². The van der Waals surface area contributed by atoms with E-state index in [0.29, 0.717) is 16.3 Å². The molecule has 1 aromatic heterocycles. The highest BCUT2D eigenvalue weighted by atomic mass is 35.5. The van der Waals surface area contributed by atoms with Crippen molar-refractivity contribution in [2.45, 2.75) is 32.6 Å². The van der Waals surface area contributed by atoms with Gasteiger partial charge in [-0.2, -0.15) is 5.10 Å². The fourth-order valence-corrected chi connectivity index (χ4v) is 6.00. The second kappa shape index (κ2) is 11.2. The van der Waals surface area contributed by atoms with Crippen LogP contribution in [0, 0.1) is 27.7 Å². The fourth-order valence-electron chi connectivity index (χ4n) is 4.33. The number of rotatable bonds is 8.